The first kappa shape index (κ1) is 16.6. The average molecular weight is 332 g/mol. The van der Waals surface area contributed by atoms with Crippen LogP contribution in [0.5, 0.6) is 0 Å². The molecule has 0 unspecified atom stereocenters. The second-order valence-electron chi connectivity index (χ2n) is 4.31. The molecule has 2 aromatic heterocycles. The van der Waals surface area contributed by atoms with Crippen molar-refractivity contribution in [3.63, 3.8) is 0 Å². The van der Waals surface area contributed by atoms with Crippen molar-refractivity contribution in [3.05, 3.63) is 65.2 Å². The van der Waals surface area contributed by atoms with E-state index < -0.39 is 11.8 Å². The molecule has 7 heteroatoms. The molecule has 1 N–H and O–H groups in total. The van der Waals surface area contributed by atoms with Gasteiger partial charge in [-0.1, -0.05) is 17.7 Å². The normalized spacial score (nSPS) is 11.0. The quantitative estimate of drug-likeness (QED) is 0.219. The molecule has 0 atom stereocenters. The van der Waals surface area contributed by atoms with Crippen LogP contribution in [-0.4, -0.2) is 28.3 Å². The molecule has 0 bridgehead atoms. The predicted molar refractivity (Wildman–Crippen MR) is 86.2 cm³/mol. The number of ketones is 1. The highest BCUT2D eigenvalue weighted by Gasteiger charge is 2.23. The summed E-state index contributed by atoms with van der Waals surface area (Å²) < 4.78 is 4.92. The van der Waals surface area contributed by atoms with Crippen molar-refractivity contribution in [2.24, 2.45) is 0 Å². The summed E-state index contributed by atoms with van der Waals surface area (Å²) in [5, 5.41) is 2.81. The van der Waals surface area contributed by atoms with Crippen molar-refractivity contribution < 1.29 is 14.3 Å². The Morgan fingerprint density at radius 3 is 2.65 bits per heavy atom. The molecule has 0 amide bonds. The minimum atomic E-state index is -0.749. The number of nitrogens with one attached hydrogen (secondary N) is 1. The Bertz CT molecular complexity index is 732. The van der Waals surface area contributed by atoms with E-state index >= 15 is 0 Å². The molecule has 0 aliphatic carbocycles. The molecule has 2 aromatic rings. The maximum absolute atomic E-state index is 12.5. The SMILES string of the molecule is CCOC(=O)C(=CNc1ccccn1)C(=O)c1cccnc1Cl. The summed E-state index contributed by atoms with van der Waals surface area (Å²) in [4.78, 5) is 32.5. The molecular formula is C16H14ClN3O3. The summed E-state index contributed by atoms with van der Waals surface area (Å²) in [6.45, 7) is 1.80. The molecule has 0 aliphatic rings. The van der Waals surface area contributed by atoms with Gasteiger partial charge in [0.15, 0.2) is 0 Å². The van der Waals surface area contributed by atoms with Gasteiger partial charge in [-0.3, -0.25) is 4.79 Å². The minimum Gasteiger partial charge on any atom is -0.462 e. The molecule has 23 heavy (non-hydrogen) atoms. The molecule has 0 aromatic carbocycles. The number of anilines is 1. The predicted octanol–water partition coefficient (Wildman–Crippen LogP) is 2.87. The lowest BCUT2D eigenvalue weighted by Gasteiger charge is -2.08. The van der Waals surface area contributed by atoms with E-state index in [0.717, 1.165) is 0 Å². The number of aromatic nitrogens is 2. The van der Waals surface area contributed by atoms with E-state index in [9.17, 15) is 9.59 Å². The lowest BCUT2D eigenvalue weighted by atomic mass is 10.1. The van der Waals surface area contributed by atoms with Gasteiger partial charge in [0.05, 0.1) is 12.2 Å². The van der Waals surface area contributed by atoms with Crippen LogP contribution in [0.4, 0.5) is 5.82 Å². The van der Waals surface area contributed by atoms with Crippen LogP contribution in [0.15, 0.2) is 54.5 Å². The Hall–Kier alpha value is -2.73. The summed E-state index contributed by atoms with van der Waals surface area (Å²) in [5.41, 5.74) is -0.0660. The summed E-state index contributed by atoms with van der Waals surface area (Å²) in [5.74, 6) is -0.842. The summed E-state index contributed by atoms with van der Waals surface area (Å²) >= 11 is 5.92. The van der Waals surface area contributed by atoms with Crippen molar-refractivity contribution in [1.29, 1.82) is 0 Å². The third-order valence-corrected chi connectivity index (χ3v) is 3.07. The molecule has 0 aliphatic heterocycles. The fourth-order valence-electron chi connectivity index (χ4n) is 1.72. The number of carbonyl (C=O) groups is 2. The van der Waals surface area contributed by atoms with Gasteiger partial charge in [-0.25, -0.2) is 14.8 Å². The number of pyridine rings is 2. The van der Waals surface area contributed by atoms with Gasteiger partial charge in [-0.2, -0.15) is 0 Å². The van der Waals surface area contributed by atoms with Crippen molar-refractivity contribution >= 4 is 29.2 Å². The van der Waals surface area contributed by atoms with Crippen molar-refractivity contribution in [3.8, 4) is 0 Å². The highest BCUT2D eigenvalue weighted by atomic mass is 35.5. The van der Waals surface area contributed by atoms with Crippen LogP contribution in [0.2, 0.25) is 5.15 Å². The van der Waals surface area contributed by atoms with Gasteiger partial charge in [0.1, 0.15) is 16.5 Å². The fraction of sp³-hybridized carbons (Fsp3) is 0.125. The van der Waals surface area contributed by atoms with E-state index in [2.05, 4.69) is 15.3 Å². The van der Waals surface area contributed by atoms with E-state index in [4.69, 9.17) is 16.3 Å². The lowest BCUT2D eigenvalue weighted by molar-refractivity contribution is -0.138. The zero-order chi connectivity index (χ0) is 16.7. The van der Waals surface area contributed by atoms with Crippen molar-refractivity contribution in [1.82, 2.24) is 9.97 Å². The van der Waals surface area contributed by atoms with E-state index in [-0.39, 0.29) is 22.9 Å². The van der Waals surface area contributed by atoms with Gasteiger partial charge in [0.25, 0.3) is 0 Å². The fourth-order valence-corrected chi connectivity index (χ4v) is 1.93. The second kappa shape index (κ2) is 8.05. The summed E-state index contributed by atoms with van der Waals surface area (Å²) in [6, 6.07) is 8.27. The zero-order valence-corrected chi connectivity index (χ0v) is 13.1. The highest BCUT2D eigenvalue weighted by molar-refractivity contribution is 6.36. The summed E-state index contributed by atoms with van der Waals surface area (Å²) in [7, 11) is 0. The molecule has 118 valence electrons. The smallest absolute Gasteiger partial charge is 0.343 e. The van der Waals surface area contributed by atoms with Crippen LogP contribution in [0, 0.1) is 0 Å². The molecule has 0 spiro atoms. The first-order chi connectivity index (χ1) is 11.1. The number of esters is 1. The number of carbonyl (C=O) groups excluding carboxylic acids is 2. The van der Waals surface area contributed by atoms with Crippen LogP contribution in [-0.2, 0) is 9.53 Å². The molecule has 0 radical (unpaired) electrons. The molecule has 2 rings (SSSR count). The Morgan fingerprint density at radius 2 is 2.00 bits per heavy atom. The Kier molecular flexibility index (Phi) is 5.82. The van der Waals surface area contributed by atoms with E-state index in [1.807, 2.05) is 0 Å². The third kappa shape index (κ3) is 4.37. The average Bonchev–Trinajstić information content (AvgIpc) is 2.56. The lowest BCUT2D eigenvalue weighted by Crippen LogP contribution is -2.18. The number of Topliss-reactive ketones (excluding diaryl/α,β-unsaturated/α-hetero) is 1. The van der Waals surface area contributed by atoms with Gasteiger partial charge in [-0.15, -0.1) is 0 Å². The van der Waals surface area contributed by atoms with Gasteiger partial charge in [0.2, 0.25) is 5.78 Å². The zero-order valence-electron chi connectivity index (χ0n) is 12.3. The molecule has 2 heterocycles. The topological polar surface area (TPSA) is 81.2 Å². The van der Waals surface area contributed by atoms with Crippen LogP contribution in [0.25, 0.3) is 0 Å². The van der Waals surface area contributed by atoms with Gasteiger partial charge in [-0.05, 0) is 31.2 Å². The van der Waals surface area contributed by atoms with E-state index in [1.54, 1.807) is 37.4 Å². The van der Waals surface area contributed by atoms with Gasteiger partial charge >= 0.3 is 5.97 Å². The van der Waals surface area contributed by atoms with Crippen LogP contribution < -0.4 is 5.32 Å². The van der Waals surface area contributed by atoms with E-state index in [0.29, 0.717) is 5.82 Å². The molecule has 6 nitrogen and oxygen atoms in total. The van der Waals surface area contributed by atoms with E-state index in [1.165, 1.54) is 18.5 Å². The maximum Gasteiger partial charge on any atom is 0.343 e. The number of hydrogen-bond donors (Lipinski definition) is 1. The van der Waals surface area contributed by atoms with Gasteiger partial charge in [0, 0.05) is 18.6 Å². The molecule has 0 fully saturated rings. The van der Waals surface area contributed by atoms with Crippen molar-refractivity contribution in [2.45, 2.75) is 6.92 Å². The molecular weight excluding hydrogens is 318 g/mol. The monoisotopic (exact) mass is 331 g/mol. The minimum absolute atomic E-state index is 0.0190. The Morgan fingerprint density at radius 1 is 1.22 bits per heavy atom. The standard InChI is InChI=1S/C16H14ClN3O3/c1-2-23-16(22)12(10-20-13-7-3-4-8-18-13)14(21)11-6-5-9-19-15(11)17/h3-10H,2H2,1H3,(H,18,20). The van der Waals surface area contributed by atoms with Crippen LogP contribution in [0.3, 0.4) is 0 Å². The molecule has 0 saturated carbocycles. The number of rotatable bonds is 6. The van der Waals surface area contributed by atoms with Crippen LogP contribution in [0.1, 0.15) is 17.3 Å². The second-order valence-corrected chi connectivity index (χ2v) is 4.67. The van der Waals surface area contributed by atoms with Crippen LogP contribution >= 0.6 is 11.6 Å². The first-order valence-corrected chi connectivity index (χ1v) is 7.21. The third-order valence-electron chi connectivity index (χ3n) is 2.77. The maximum atomic E-state index is 12.5. The van der Waals surface area contributed by atoms with Gasteiger partial charge < -0.3 is 10.1 Å². The molecule has 0 saturated heterocycles. The highest BCUT2D eigenvalue weighted by Crippen LogP contribution is 2.17. The number of ether oxygens (including phenoxy) is 1. The number of halogens is 1. The largest absolute Gasteiger partial charge is 0.462 e. The first-order valence-electron chi connectivity index (χ1n) is 6.83. The Balaban J connectivity index is 2.32. The number of nitrogens with zero attached hydrogens (tertiary/aromatic N) is 2. The van der Waals surface area contributed by atoms with Crippen molar-refractivity contribution in [2.75, 3.05) is 11.9 Å². The summed E-state index contributed by atoms with van der Waals surface area (Å²) in [6.07, 6.45) is 4.30. The Labute approximate surface area is 138 Å². The number of hydrogen-bond acceptors (Lipinski definition) is 6.